The van der Waals surface area contributed by atoms with Gasteiger partial charge in [0.15, 0.2) is 4.77 Å². The Balaban J connectivity index is 2.66. The number of aromatic nitrogens is 4. The summed E-state index contributed by atoms with van der Waals surface area (Å²) in [6.45, 7) is 3.81. The van der Waals surface area contributed by atoms with E-state index in [2.05, 4.69) is 15.2 Å². The van der Waals surface area contributed by atoms with Crippen molar-refractivity contribution in [2.45, 2.75) is 19.4 Å². The Labute approximate surface area is 94.8 Å². The van der Waals surface area contributed by atoms with Crippen molar-refractivity contribution in [1.29, 1.82) is 0 Å². The van der Waals surface area contributed by atoms with Gasteiger partial charge in [-0.2, -0.15) is 0 Å². The quantitative estimate of drug-likeness (QED) is 0.784. The van der Waals surface area contributed by atoms with Crippen molar-refractivity contribution >= 4 is 23.6 Å². The average Bonchev–Trinajstić information content (AvgIpc) is 2.75. The molecule has 2 aromatic rings. The van der Waals surface area contributed by atoms with Crippen molar-refractivity contribution in [3.63, 3.8) is 0 Å². The van der Waals surface area contributed by atoms with E-state index in [9.17, 15) is 4.79 Å². The highest BCUT2D eigenvalue weighted by Crippen LogP contribution is 2.25. The van der Waals surface area contributed by atoms with Gasteiger partial charge in [-0.3, -0.25) is 9.67 Å². The van der Waals surface area contributed by atoms with Crippen molar-refractivity contribution in [2.24, 2.45) is 0 Å². The molecule has 0 saturated heterocycles. The lowest BCUT2D eigenvalue weighted by molar-refractivity contribution is 0.416. The maximum absolute atomic E-state index is 11.6. The topological polar surface area (TPSA) is 66.5 Å². The highest BCUT2D eigenvalue weighted by molar-refractivity contribution is 7.71. The number of H-pyrrole nitrogens is 2. The standard InChI is InChI=1S/C8H10N4OS2/c1-8(2,5-9-3-4-15-5)12-6(13)10-11-7(12)14/h3-4H,1-2H3,(H,10,13)(H,11,14). The zero-order chi connectivity index (χ0) is 11.1. The van der Waals surface area contributed by atoms with E-state index < -0.39 is 5.54 Å². The molecule has 0 radical (unpaired) electrons. The van der Waals surface area contributed by atoms with Gasteiger partial charge in [-0.05, 0) is 26.1 Å². The number of hydrogen-bond donors (Lipinski definition) is 2. The van der Waals surface area contributed by atoms with Crippen LogP contribution >= 0.6 is 23.6 Å². The van der Waals surface area contributed by atoms with Gasteiger partial charge < -0.3 is 0 Å². The van der Waals surface area contributed by atoms with Crippen LogP contribution in [0.15, 0.2) is 16.4 Å². The highest BCUT2D eigenvalue weighted by Gasteiger charge is 2.28. The minimum atomic E-state index is -0.529. The predicted octanol–water partition coefficient (Wildman–Crippen LogP) is 1.47. The van der Waals surface area contributed by atoms with E-state index in [-0.39, 0.29) is 5.69 Å². The summed E-state index contributed by atoms with van der Waals surface area (Å²) in [6, 6.07) is 0. The predicted molar refractivity (Wildman–Crippen MR) is 60.8 cm³/mol. The van der Waals surface area contributed by atoms with Gasteiger partial charge in [0.2, 0.25) is 0 Å². The Bertz CT molecular complexity index is 532. The molecule has 2 N–H and O–H groups in total. The second kappa shape index (κ2) is 3.42. The maximum Gasteiger partial charge on any atom is 0.343 e. The van der Waals surface area contributed by atoms with Crippen LogP contribution in [0.2, 0.25) is 0 Å². The molecular weight excluding hydrogens is 232 g/mol. The third-order valence-electron chi connectivity index (χ3n) is 2.20. The smallest absolute Gasteiger partial charge is 0.272 e. The summed E-state index contributed by atoms with van der Waals surface area (Å²) in [7, 11) is 0. The normalized spacial score (nSPS) is 11.9. The fourth-order valence-corrected chi connectivity index (χ4v) is 2.55. The lowest BCUT2D eigenvalue weighted by Crippen LogP contribution is -2.35. The van der Waals surface area contributed by atoms with Gasteiger partial charge in [0.05, 0.1) is 5.54 Å². The minimum Gasteiger partial charge on any atom is -0.272 e. The fraction of sp³-hybridized carbons (Fsp3) is 0.375. The molecule has 15 heavy (non-hydrogen) atoms. The largest absolute Gasteiger partial charge is 0.343 e. The van der Waals surface area contributed by atoms with E-state index in [0.717, 1.165) is 5.01 Å². The maximum atomic E-state index is 11.6. The zero-order valence-electron chi connectivity index (χ0n) is 8.27. The van der Waals surface area contributed by atoms with Crippen LogP contribution in [0.25, 0.3) is 0 Å². The Hall–Kier alpha value is -1.21. The van der Waals surface area contributed by atoms with Crippen LogP contribution in [0.5, 0.6) is 0 Å². The van der Waals surface area contributed by atoms with Crippen LogP contribution in [0, 0.1) is 4.77 Å². The first-order valence-electron chi connectivity index (χ1n) is 4.33. The fourth-order valence-electron chi connectivity index (χ4n) is 1.44. The van der Waals surface area contributed by atoms with Crippen molar-refractivity contribution in [1.82, 2.24) is 19.7 Å². The molecule has 0 unspecified atom stereocenters. The summed E-state index contributed by atoms with van der Waals surface area (Å²) in [5.41, 5.74) is -0.779. The van der Waals surface area contributed by atoms with Crippen LogP contribution in [0.1, 0.15) is 18.9 Å². The van der Waals surface area contributed by atoms with Crippen LogP contribution < -0.4 is 5.69 Å². The Morgan fingerprint density at radius 1 is 1.53 bits per heavy atom. The third kappa shape index (κ3) is 1.57. The van der Waals surface area contributed by atoms with Gasteiger partial charge in [-0.25, -0.2) is 14.9 Å². The van der Waals surface area contributed by atoms with E-state index in [1.54, 1.807) is 6.20 Å². The lowest BCUT2D eigenvalue weighted by atomic mass is 10.1. The molecule has 7 heteroatoms. The summed E-state index contributed by atoms with van der Waals surface area (Å²) < 4.78 is 1.86. The van der Waals surface area contributed by atoms with Crippen molar-refractivity contribution in [3.05, 3.63) is 31.8 Å². The first-order chi connectivity index (χ1) is 7.03. The molecule has 0 fully saturated rings. The molecule has 0 aliphatic rings. The molecule has 5 nitrogen and oxygen atoms in total. The monoisotopic (exact) mass is 242 g/mol. The van der Waals surface area contributed by atoms with Crippen LogP contribution in [0.4, 0.5) is 0 Å². The van der Waals surface area contributed by atoms with Gasteiger partial charge in [0, 0.05) is 11.6 Å². The summed E-state index contributed by atoms with van der Waals surface area (Å²) in [6.07, 6.45) is 1.71. The molecule has 0 saturated carbocycles. The summed E-state index contributed by atoms with van der Waals surface area (Å²) in [5.74, 6) is 0. The number of nitrogens with one attached hydrogen (secondary N) is 2. The molecule has 0 bridgehead atoms. The molecule has 0 aromatic carbocycles. The number of thiazole rings is 1. The van der Waals surface area contributed by atoms with Crippen LogP contribution in [-0.2, 0) is 5.54 Å². The van der Waals surface area contributed by atoms with Gasteiger partial charge in [-0.1, -0.05) is 0 Å². The molecule has 80 valence electrons. The van der Waals surface area contributed by atoms with Gasteiger partial charge in [0.1, 0.15) is 5.01 Å². The van der Waals surface area contributed by atoms with E-state index in [1.165, 1.54) is 15.9 Å². The van der Waals surface area contributed by atoms with E-state index in [4.69, 9.17) is 12.2 Å². The molecule has 0 amide bonds. The molecular formula is C8H10N4OS2. The van der Waals surface area contributed by atoms with E-state index >= 15 is 0 Å². The molecule has 2 heterocycles. The zero-order valence-corrected chi connectivity index (χ0v) is 9.91. The van der Waals surface area contributed by atoms with Crippen molar-refractivity contribution in [3.8, 4) is 0 Å². The second-order valence-electron chi connectivity index (χ2n) is 3.59. The number of rotatable bonds is 2. The minimum absolute atomic E-state index is 0.250. The Morgan fingerprint density at radius 2 is 2.27 bits per heavy atom. The van der Waals surface area contributed by atoms with Crippen molar-refractivity contribution < 1.29 is 0 Å². The van der Waals surface area contributed by atoms with Crippen LogP contribution in [-0.4, -0.2) is 19.7 Å². The summed E-state index contributed by atoms with van der Waals surface area (Å²) in [5, 5.41) is 7.81. The van der Waals surface area contributed by atoms with Gasteiger partial charge in [0.25, 0.3) is 0 Å². The molecule has 0 spiro atoms. The summed E-state index contributed by atoms with van der Waals surface area (Å²) in [4.78, 5) is 15.8. The van der Waals surface area contributed by atoms with E-state index in [0.29, 0.717) is 4.77 Å². The van der Waals surface area contributed by atoms with Gasteiger partial charge >= 0.3 is 5.69 Å². The number of nitrogens with zero attached hydrogens (tertiary/aromatic N) is 2. The SMILES string of the molecule is CC(C)(c1nccs1)n1c(=O)[nH][nH]c1=S. The molecule has 0 aliphatic heterocycles. The first-order valence-corrected chi connectivity index (χ1v) is 5.62. The molecule has 0 atom stereocenters. The lowest BCUT2D eigenvalue weighted by Gasteiger charge is -2.22. The average molecular weight is 242 g/mol. The second-order valence-corrected chi connectivity index (χ2v) is 4.87. The van der Waals surface area contributed by atoms with E-state index in [1.807, 2.05) is 19.2 Å². The van der Waals surface area contributed by atoms with Crippen LogP contribution in [0.3, 0.4) is 0 Å². The Kier molecular flexibility index (Phi) is 2.35. The van der Waals surface area contributed by atoms with Crippen molar-refractivity contribution in [2.75, 3.05) is 0 Å². The Morgan fingerprint density at radius 3 is 2.73 bits per heavy atom. The molecule has 2 rings (SSSR count). The molecule has 2 aromatic heterocycles. The third-order valence-corrected chi connectivity index (χ3v) is 3.57. The molecule has 0 aliphatic carbocycles. The first kappa shape index (κ1) is 10.3. The van der Waals surface area contributed by atoms with Gasteiger partial charge in [-0.15, -0.1) is 11.3 Å². The number of hydrogen-bond acceptors (Lipinski definition) is 4. The summed E-state index contributed by atoms with van der Waals surface area (Å²) >= 11 is 6.55. The highest BCUT2D eigenvalue weighted by atomic mass is 32.1. The number of aromatic amines is 2.